The van der Waals surface area contributed by atoms with Crippen molar-refractivity contribution in [2.24, 2.45) is 0 Å². The summed E-state index contributed by atoms with van der Waals surface area (Å²) in [6.45, 7) is 3.41. The first-order valence-corrected chi connectivity index (χ1v) is 7.57. The Kier molecular flexibility index (Phi) is 4.89. The summed E-state index contributed by atoms with van der Waals surface area (Å²) in [4.78, 5) is 24.5. The fourth-order valence-corrected chi connectivity index (χ4v) is 3.06. The maximum atomic E-state index is 12.0. The lowest BCUT2D eigenvalue weighted by molar-refractivity contribution is -0.141. The Hall–Kier alpha value is -1.70. The lowest BCUT2D eigenvalue weighted by atomic mass is 10.3. The Balaban J connectivity index is 1.82. The SMILES string of the molecule is Cc1cnn(CCNC(=O)N2CCSCC2C(=O)O)c1. The van der Waals surface area contributed by atoms with Crippen molar-refractivity contribution in [2.75, 3.05) is 24.6 Å². The second-order valence-corrected chi connectivity index (χ2v) is 5.78. The topological polar surface area (TPSA) is 87.5 Å². The van der Waals surface area contributed by atoms with Crippen molar-refractivity contribution < 1.29 is 14.7 Å². The normalized spacial score (nSPS) is 18.9. The second-order valence-electron chi connectivity index (χ2n) is 4.64. The van der Waals surface area contributed by atoms with E-state index in [1.807, 2.05) is 13.1 Å². The first kappa shape index (κ1) is 14.7. The molecule has 0 radical (unpaired) electrons. The summed E-state index contributed by atoms with van der Waals surface area (Å²) >= 11 is 1.56. The Morgan fingerprint density at radius 3 is 3.05 bits per heavy atom. The van der Waals surface area contributed by atoms with Gasteiger partial charge >= 0.3 is 12.0 Å². The van der Waals surface area contributed by atoms with Crippen LogP contribution < -0.4 is 5.32 Å². The van der Waals surface area contributed by atoms with Gasteiger partial charge in [-0.3, -0.25) is 4.68 Å². The maximum Gasteiger partial charge on any atom is 0.327 e. The molecule has 1 aromatic rings. The minimum Gasteiger partial charge on any atom is -0.480 e. The van der Waals surface area contributed by atoms with Gasteiger partial charge in [0, 0.05) is 30.8 Å². The van der Waals surface area contributed by atoms with Gasteiger partial charge in [-0.2, -0.15) is 16.9 Å². The highest BCUT2D eigenvalue weighted by Crippen LogP contribution is 2.16. The summed E-state index contributed by atoms with van der Waals surface area (Å²) < 4.78 is 1.75. The number of aromatic nitrogens is 2. The van der Waals surface area contributed by atoms with Gasteiger partial charge in [0.05, 0.1) is 12.7 Å². The Bertz CT molecular complexity index is 491. The van der Waals surface area contributed by atoms with E-state index in [0.29, 0.717) is 25.4 Å². The minimum atomic E-state index is -0.949. The lowest BCUT2D eigenvalue weighted by Crippen LogP contribution is -2.54. The maximum absolute atomic E-state index is 12.0. The molecule has 1 fully saturated rings. The van der Waals surface area contributed by atoms with Crippen LogP contribution in [0.4, 0.5) is 4.79 Å². The molecule has 0 bridgehead atoms. The molecule has 0 aromatic carbocycles. The van der Waals surface area contributed by atoms with E-state index < -0.39 is 12.0 Å². The van der Waals surface area contributed by atoms with E-state index in [1.54, 1.807) is 22.6 Å². The van der Waals surface area contributed by atoms with Gasteiger partial charge < -0.3 is 15.3 Å². The molecule has 1 atom stereocenters. The predicted molar refractivity (Wildman–Crippen MR) is 75.8 cm³/mol. The van der Waals surface area contributed by atoms with Crippen LogP contribution in [0.25, 0.3) is 0 Å². The molecule has 20 heavy (non-hydrogen) atoms. The number of hydrogen-bond donors (Lipinski definition) is 2. The predicted octanol–water partition coefficient (Wildman–Crippen LogP) is 0.403. The number of aliphatic carboxylic acids is 1. The van der Waals surface area contributed by atoms with Crippen molar-refractivity contribution >= 4 is 23.8 Å². The van der Waals surface area contributed by atoms with Gasteiger partial charge in [-0.15, -0.1) is 0 Å². The highest BCUT2D eigenvalue weighted by Gasteiger charge is 2.32. The molecule has 1 aliphatic heterocycles. The van der Waals surface area contributed by atoms with E-state index in [9.17, 15) is 9.59 Å². The lowest BCUT2D eigenvalue weighted by Gasteiger charge is -2.32. The standard InChI is InChI=1S/C12H18N4O3S/c1-9-6-14-15(7-9)3-2-13-12(19)16-4-5-20-8-10(16)11(17)18/h6-7,10H,2-5,8H2,1H3,(H,13,19)(H,17,18). The molecule has 0 spiro atoms. The summed E-state index contributed by atoms with van der Waals surface area (Å²) in [6, 6.07) is -1.05. The van der Waals surface area contributed by atoms with Gasteiger partial charge in [-0.25, -0.2) is 9.59 Å². The number of carboxylic acid groups (broad SMARTS) is 1. The minimum absolute atomic E-state index is 0.318. The zero-order valence-corrected chi connectivity index (χ0v) is 12.1. The molecule has 0 saturated carbocycles. The third kappa shape index (κ3) is 3.66. The number of nitrogens with zero attached hydrogens (tertiary/aromatic N) is 3. The Labute approximate surface area is 121 Å². The van der Waals surface area contributed by atoms with E-state index in [-0.39, 0.29) is 6.03 Å². The average Bonchev–Trinajstić information content (AvgIpc) is 2.84. The monoisotopic (exact) mass is 298 g/mol. The number of rotatable bonds is 4. The van der Waals surface area contributed by atoms with Crippen molar-refractivity contribution in [2.45, 2.75) is 19.5 Å². The van der Waals surface area contributed by atoms with Crippen LogP contribution in [-0.2, 0) is 11.3 Å². The fourth-order valence-electron chi connectivity index (χ4n) is 2.02. The van der Waals surface area contributed by atoms with Crippen LogP contribution in [0.5, 0.6) is 0 Å². The molecule has 2 heterocycles. The van der Waals surface area contributed by atoms with E-state index in [2.05, 4.69) is 10.4 Å². The summed E-state index contributed by atoms with van der Waals surface area (Å²) in [6.07, 6.45) is 3.65. The van der Waals surface area contributed by atoms with Gasteiger partial charge in [0.2, 0.25) is 0 Å². The molecule has 1 saturated heterocycles. The van der Waals surface area contributed by atoms with Crippen LogP contribution in [0.2, 0.25) is 0 Å². The summed E-state index contributed by atoms with van der Waals surface area (Å²) in [5.41, 5.74) is 1.07. The van der Waals surface area contributed by atoms with Crippen LogP contribution >= 0.6 is 11.8 Å². The van der Waals surface area contributed by atoms with Crippen LogP contribution in [0, 0.1) is 6.92 Å². The van der Waals surface area contributed by atoms with Crippen molar-refractivity contribution in [3.05, 3.63) is 18.0 Å². The van der Waals surface area contributed by atoms with Crippen LogP contribution in [0.15, 0.2) is 12.4 Å². The van der Waals surface area contributed by atoms with Gasteiger partial charge in [-0.05, 0) is 12.5 Å². The van der Waals surface area contributed by atoms with Gasteiger partial charge in [0.15, 0.2) is 0 Å². The van der Waals surface area contributed by atoms with Crippen molar-refractivity contribution in [1.82, 2.24) is 20.0 Å². The Morgan fingerprint density at radius 1 is 1.60 bits per heavy atom. The number of aryl methyl sites for hydroxylation is 1. The van der Waals surface area contributed by atoms with Gasteiger partial charge in [0.1, 0.15) is 6.04 Å². The van der Waals surface area contributed by atoms with Crippen molar-refractivity contribution in [3.8, 4) is 0 Å². The zero-order chi connectivity index (χ0) is 14.5. The fraction of sp³-hybridized carbons (Fsp3) is 0.583. The number of carboxylic acids is 1. The number of amides is 2. The number of hydrogen-bond acceptors (Lipinski definition) is 4. The first-order chi connectivity index (χ1) is 9.58. The molecule has 2 amide bonds. The van der Waals surface area contributed by atoms with Crippen LogP contribution in [0.1, 0.15) is 5.56 Å². The molecule has 1 aromatic heterocycles. The number of thioether (sulfide) groups is 1. The van der Waals surface area contributed by atoms with Crippen molar-refractivity contribution in [3.63, 3.8) is 0 Å². The van der Waals surface area contributed by atoms with Gasteiger partial charge in [0.25, 0.3) is 0 Å². The van der Waals surface area contributed by atoms with E-state index in [1.165, 1.54) is 4.90 Å². The second kappa shape index (κ2) is 6.65. The molecule has 8 heteroatoms. The van der Waals surface area contributed by atoms with E-state index in [0.717, 1.165) is 11.3 Å². The molecule has 2 rings (SSSR count). The largest absolute Gasteiger partial charge is 0.480 e. The number of urea groups is 1. The molecule has 2 N–H and O–H groups in total. The summed E-state index contributed by atoms with van der Waals surface area (Å²) in [5.74, 6) is 0.270. The highest BCUT2D eigenvalue weighted by molar-refractivity contribution is 7.99. The number of carbonyl (C=O) groups is 2. The molecular weight excluding hydrogens is 280 g/mol. The van der Waals surface area contributed by atoms with Crippen molar-refractivity contribution in [1.29, 1.82) is 0 Å². The quantitative estimate of drug-likeness (QED) is 0.840. The smallest absolute Gasteiger partial charge is 0.327 e. The van der Waals surface area contributed by atoms with Crippen LogP contribution in [0.3, 0.4) is 0 Å². The zero-order valence-electron chi connectivity index (χ0n) is 11.3. The van der Waals surface area contributed by atoms with E-state index >= 15 is 0 Å². The molecule has 1 unspecified atom stereocenters. The number of carbonyl (C=O) groups excluding carboxylic acids is 1. The molecule has 1 aliphatic rings. The first-order valence-electron chi connectivity index (χ1n) is 6.42. The molecule has 7 nitrogen and oxygen atoms in total. The Morgan fingerprint density at radius 2 is 2.40 bits per heavy atom. The van der Waals surface area contributed by atoms with Gasteiger partial charge in [-0.1, -0.05) is 0 Å². The van der Waals surface area contributed by atoms with Crippen LogP contribution in [-0.4, -0.2) is 62.4 Å². The number of nitrogens with one attached hydrogen (secondary N) is 1. The third-order valence-electron chi connectivity index (χ3n) is 3.05. The molecule has 110 valence electrons. The summed E-state index contributed by atoms with van der Waals surface area (Å²) in [5, 5.41) is 16.0. The van der Waals surface area contributed by atoms with E-state index in [4.69, 9.17) is 5.11 Å². The summed E-state index contributed by atoms with van der Waals surface area (Å²) in [7, 11) is 0. The molecule has 0 aliphatic carbocycles. The average molecular weight is 298 g/mol. The highest BCUT2D eigenvalue weighted by atomic mass is 32.2. The molecular formula is C12H18N4O3S. The third-order valence-corrected chi connectivity index (χ3v) is 4.08.